The van der Waals surface area contributed by atoms with E-state index >= 15 is 0 Å². The quantitative estimate of drug-likeness (QED) is 0.854. The second-order valence-electron chi connectivity index (χ2n) is 4.16. The van der Waals surface area contributed by atoms with Crippen LogP contribution in [0.3, 0.4) is 0 Å². The van der Waals surface area contributed by atoms with E-state index in [1.54, 1.807) is 0 Å². The first-order valence-electron chi connectivity index (χ1n) is 6.09. The molecule has 0 fully saturated rings. The van der Waals surface area contributed by atoms with Gasteiger partial charge in [-0.25, -0.2) is 9.97 Å². The van der Waals surface area contributed by atoms with Crippen molar-refractivity contribution < 1.29 is 0 Å². The standard InChI is InChI=1S/C14H16IN3/c1-2-3-9-11-17-13(12(15)14(16)18-11)10-7-5-4-6-8-10/h4-8H,2-3,9H2,1H3,(H2,16,17,18). The van der Waals surface area contributed by atoms with Crippen LogP contribution in [0, 0.1) is 3.57 Å². The summed E-state index contributed by atoms with van der Waals surface area (Å²) in [5.41, 5.74) is 8.00. The summed E-state index contributed by atoms with van der Waals surface area (Å²) in [6, 6.07) is 10.1. The van der Waals surface area contributed by atoms with Crippen LogP contribution in [0.15, 0.2) is 30.3 Å². The van der Waals surface area contributed by atoms with Gasteiger partial charge in [-0.05, 0) is 29.0 Å². The van der Waals surface area contributed by atoms with Gasteiger partial charge in [-0.1, -0.05) is 43.7 Å². The van der Waals surface area contributed by atoms with Crippen molar-refractivity contribution in [3.63, 3.8) is 0 Å². The second kappa shape index (κ2) is 6.13. The molecule has 94 valence electrons. The Kier molecular flexibility index (Phi) is 4.52. The number of aryl methyl sites for hydroxylation is 1. The van der Waals surface area contributed by atoms with Crippen LogP contribution in [0.5, 0.6) is 0 Å². The molecule has 0 unspecified atom stereocenters. The van der Waals surface area contributed by atoms with Crippen LogP contribution in [0.2, 0.25) is 0 Å². The lowest BCUT2D eigenvalue weighted by Gasteiger charge is -2.09. The van der Waals surface area contributed by atoms with Crippen molar-refractivity contribution >= 4 is 28.4 Å². The van der Waals surface area contributed by atoms with Gasteiger partial charge >= 0.3 is 0 Å². The topological polar surface area (TPSA) is 51.8 Å². The number of nitrogens with zero attached hydrogens (tertiary/aromatic N) is 2. The van der Waals surface area contributed by atoms with Gasteiger partial charge in [-0.2, -0.15) is 0 Å². The Morgan fingerprint density at radius 3 is 2.56 bits per heavy atom. The molecule has 2 N–H and O–H groups in total. The van der Waals surface area contributed by atoms with Gasteiger partial charge in [0.1, 0.15) is 11.6 Å². The van der Waals surface area contributed by atoms with E-state index in [1.807, 2.05) is 30.3 Å². The Labute approximate surface area is 121 Å². The average Bonchev–Trinajstić information content (AvgIpc) is 2.41. The molecule has 0 saturated carbocycles. The van der Waals surface area contributed by atoms with Gasteiger partial charge in [-0.15, -0.1) is 0 Å². The zero-order chi connectivity index (χ0) is 13.0. The summed E-state index contributed by atoms with van der Waals surface area (Å²) in [6.07, 6.45) is 3.11. The molecule has 2 rings (SSSR count). The van der Waals surface area contributed by atoms with Crippen molar-refractivity contribution in [3.05, 3.63) is 39.7 Å². The van der Waals surface area contributed by atoms with Crippen LogP contribution in [-0.2, 0) is 6.42 Å². The molecule has 0 amide bonds. The molecular weight excluding hydrogens is 337 g/mol. The van der Waals surface area contributed by atoms with Gasteiger partial charge in [0.25, 0.3) is 0 Å². The van der Waals surface area contributed by atoms with Gasteiger partial charge in [-0.3, -0.25) is 0 Å². The zero-order valence-corrected chi connectivity index (χ0v) is 12.5. The maximum absolute atomic E-state index is 5.97. The number of nitrogen functional groups attached to an aromatic ring is 1. The highest BCUT2D eigenvalue weighted by Crippen LogP contribution is 2.26. The number of nitrogens with two attached hydrogens (primary N) is 1. The van der Waals surface area contributed by atoms with Crippen LogP contribution in [0.25, 0.3) is 11.3 Å². The molecule has 0 aliphatic carbocycles. The highest BCUT2D eigenvalue weighted by Gasteiger charge is 2.11. The summed E-state index contributed by atoms with van der Waals surface area (Å²) < 4.78 is 0.930. The number of unbranched alkanes of at least 4 members (excludes halogenated alkanes) is 1. The number of aromatic nitrogens is 2. The number of benzene rings is 1. The van der Waals surface area contributed by atoms with Gasteiger partial charge < -0.3 is 5.73 Å². The Hall–Kier alpha value is -1.17. The summed E-state index contributed by atoms with van der Waals surface area (Å²) in [6.45, 7) is 2.16. The minimum atomic E-state index is 0.579. The SMILES string of the molecule is CCCCc1nc(N)c(I)c(-c2ccccc2)n1. The van der Waals surface area contributed by atoms with Crippen molar-refractivity contribution in [1.82, 2.24) is 9.97 Å². The highest BCUT2D eigenvalue weighted by atomic mass is 127. The molecule has 0 bridgehead atoms. The Morgan fingerprint density at radius 2 is 1.89 bits per heavy atom. The fraction of sp³-hybridized carbons (Fsp3) is 0.286. The van der Waals surface area contributed by atoms with Crippen LogP contribution in [0.4, 0.5) is 5.82 Å². The maximum atomic E-state index is 5.97. The summed E-state index contributed by atoms with van der Waals surface area (Å²) in [5, 5.41) is 0. The second-order valence-corrected chi connectivity index (χ2v) is 5.24. The van der Waals surface area contributed by atoms with Crippen LogP contribution < -0.4 is 5.73 Å². The smallest absolute Gasteiger partial charge is 0.141 e. The third-order valence-corrected chi connectivity index (χ3v) is 3.79. The molecule has 1 aromatic carbocycles. The maximum Gasteiger partial charge on any atom is 0.141 e. The first-order valence-corrected chi connectivity index (χ1v) is 7.17. The van der Waals surface area contributed by atoms with E-state index in [9.17, 15) is 0 Å². The van der Waals surface area contributed by atoms with E-state index < -0.39 is 0 Å². The summed E-state index contributed by atoms with van der Waals surface area (Å²) in [5.74, 6) is 1.42. The predicted molar refractivity (Wildman–Crippen MR) is 83.2 cm³/mol. The molecule has 1 aromatic heterocycles. The molecule has 0 spiro atoms. The molecule has 4 heteroatoms. The molecule has 0 aliphatic heterocycles. The number of anilines is 1. The Bertz CT molecular complexity index is 526. The van der Waals surface area contributed by atoms with E-state index in [4.69, 9.17) is 5.73 Å². The van der Waals surface area contributed by atoms with Crippen molar-refractivity contribution in [2.24, 2.45) is 0 Å². The van der Waals surface area contributed by atoms with Crippen LogP contribution in [-0.4, -0.2) is 9.97 Å². The monoisotopic (exact) mass is 353 g/mol. The third kappa shape index (κ3) is 2.98. The van der Waals surface area contributed by atoms with Crippen molar-refractivity contribution in [2.45, 2.75) is 26.2 Å². The summed E-state index contributed by atoms with van der Waals surface area (Å²) in [7, 11) is 0. The lowest BCUT2D eigenvalue weighted by molar-refractivity contribution is 0.754. The molecule has 2 aromatic rings. The molecule has 0 aliphatic rings. The van der Waals surface area contributed by atoms with Crippen LogP contribution >= 0.6 is 22.6 Å². The molecule has 18 heavy (non-hydrogen) atoms. The Balaban J connectivity index is 2.43. The normalized spacial score (nSPS) is 10.6. The van der Waals surface area contributed by atoms with E-state index in [0.29, 0.717) is 5.82 Å². The van der Waals surface area contributed by atoms with E-state index in [1.165, 1.54) is 0 Å². The van der Waals surface area contributed by atoms with Crippen molar-refractivity contribution in [1.29, 1.82) is 0 Å². The molecule has 0 radical (unpaired) electrons. The number of hydrogen-bond acceptors (Lipinski definition) is 3. The number of hydrogen-bond donors (Lipinski definition) is 1. The minimum Gasteiger partial charge on any atom is -0.383 e. The minimum absolute atomic E-state index is 0.579. The Morgan fingerprint density at radius 1 is 1.17 bits per heavy atom. The van der Waals surface area contributed by atoms with Gasteiger partial charge in [0.2, 0.25) is 0 Å². The highest BCUT2D eigenvalue weighted by molar-refractivity contribution is 14.1. The zero-order valence-electron chi connectivity index (χ0n) is 10.4. The lowest BCUT2D eigenvalue weighted by atomic mass is 10.1. The van der Waals surface area contributed by atoms with Crippen molar-refractivity contribution in [3.8, 4) is 11.3 Å². The van der Waals surface area contributed by atoms with Crippen LogP contribution in [0.1, 0.15) is 25.6 Å². The molecular formula is C14H16IN3. The number of rotatable bonds is 4. The van der Waals surface area contributed by atoms with Gasteiger partial charge in [0, 0.05) is 12.0 Å². The predicted octanol–water partition coefficient (Wildman–Crippen LogP) is 3.67. The largest absolute Gasteiger partial charge is 0.383 e. The molecule has 3 nitrogen and oxygen atoms in total. The van der Waals surface area contributed by atoms with Crippen molar-refractivity contribution in [2.75, 3.05) is 5.73 Å². The first kappa shape index (κ1) is 13.3. The fourth-order valence-electron chi connectivity index (χ4n) is 1.75. The average molecular weight is 353 g/mol. The lowest BCUT2D eigenvalue weighted by Crippen LogP contribution is -2.05. The molecule has 0 saturated heterocycles. The first-order chi connectivity index (χ1) is 8.72. The molecule has 0 atom stereocenters. The van der Waals surface area contributed by atoms with E-state index in [0.717, 1.165) is 39.9 Å². The summed E-state index contributed by atoms with van der Waals surface area (Å²) in [4.78, 5) is 9.00. The summed E-state index contributed by atoms with van der Waals surface area (Å²) >= 11 is 2.21. The van der Waals surface area contributed by atoms with E-state index in [2.05, 4.69) is 39.5 Å². The van der Waals surface area contributed by atoms with Gasteiger partial charge in [0.15, 0.2) is 0 Å². The fourth-order valence-corrected chi connectivity index (χ4v) is 2.30. The number of halogens is 1. The third-order valence-electron chi connectivity index (χ3n) is 2.72. The molecule has 1 heterocycles. The van der Waals surface area contributed by atoms with Gasteiger partial charge in [0.05, 0.1) is 9.26 Å². The van der Waals surface area contributed by atoms with E-state index in [-0.39, 0.29) is 0 Å².